The molecule has 0 aliphatic carbocycles. The molecule has 96 valence electrons. The Labute approximate surface area is 121 Å². The van der Waals surface area contributed by atoms with Crippen LogP contribution in [0, 0.1) is 0 Å². The Morgan fingerprint density at radius 3 is 2.53 bits per heavy atom. The zero-order valence-electron chi connectivity index (χ0n) is 10.5. The van der Waals surface area contributed by atoms with Crippen LogP contribution in [0.2, 0.25) is 0 Å². The first-order valence-electron chi connectivity index (χ1n) is 6.34. The maximum Gasteiger partial charge on any atom is 0.0457 e. The number of halogens is 1. The van der Waals surface area contributed by atoms with E-state index >= 15 is 0 Å². The van der Waals surface area contributed by atoms with Crippen LogP contribution in [0.15, 0.2) is 59.2 Å². The van der Waals surface area contributed by atoms with Crippen LogP contribution >= 0.6 is 15.9 Å². The highest BCUT2D eigenvalue weighted by molar-refractivity contribution is 9.10. The number of nitrogens with one attached hydrogen (secondary N) is 2. The van der Waals surface area contributed by atoms with Crippen LogP contribution in [0.1, 0.15) is 11.1 Å². The zero-order valence-corrected chi connectivity index (χ0v) is 12.1. The third kappa shape index (κ3) is 2.72. The fourth-order valence-electron chi connectivity index (χ4n) is 2.25. The summed E-state index contributed by atoms with van der Waals surface area (Å²) < 4.78 is 1.15. The summed E-state index contributed by atoms with van der Waals surface area (Å²) in [5.74, 6) is 0. The number of aromatic amines is 1. The van der Waals surface area contributed by atoms with Gasteiger partial charge in [0.25, 0.3) is 0 Å². The fourth-order valence-corrected chi connectivity index (χ4v) is 2.68. The van der Waals surface area contributed by atoms with Crippen LogP contribution < -0.4 is 5.32 Å². The molecule has 2 aromatic carbocycles. The van der Waals surface area contributed by atoms with Crippen molar-refractivity contribution in [2.75, 3.05) is 0 Å². The lowest BCUT2D eigenvalue weighted by Gasteiger charge is -2.06. The number of fused-ring (bicyclic) bond motifs is 1. The quantitative estimate of drug-likeness (QED) is 0.741. The molecule has 3 rings (SSSR count). The standard InChI is InChI=1S/C16H15BrN2/c17-15-7-3-1-5-12(15)9-18-10-13-11-19-16-8-4-2-6-14(13)16/h1-8,11,18-19H,9-10H2. The number of aromatic nitrogens is 1. The van der Waals surface area contributed by atoms with E-state index in [0.29, 0.717) is 0 Å². The minimum Gasteiger partial charge on any atom is -0.361 e. The Bertz CT molecular complexity index is 688. The Hall–Kier alpha value is -1.58. The van der Waals surface area contributed by atoms with Gasteiger partial charge >= 0.3 is 0 Å². The van der Waals surface area contributed by atoms with Crippen LogP contribution in [0.5, 0.6) is 0 Å². The summed E-state index contributed by atoms with van der Waals surface area (Å²) in [6, 6.07) is 16.7. The van der Waals surface area contributed by atoms with Gasteiger partial charge in [0.1, 0.15) is 0 Å². The second kappa shape index (κ2) is 5.59. The van der Waals surface area contributed by atoms with E-state index in [1.165, 1.54) is 22.0 Å². The number of hydrogen-bond acceptors (Lipinski definition) is 1. The molecule has 0 amide bonds. The summed E-state index contributed by atoms with van der Waals surface area (Å²) in [6.45, 7) is 1.73. The van der Waals surface area contributed by atoms with E-state index in [4.69, 9.17) is 0 Å². The van der Waals surface area contributed by atoms with E-state index in [-0.39, 0.29) is 0 Å². The normalized spacial score (nSPS) is 11.0. The lowest BCUT2D eigenvalue weighted by Crippen LogP contribution is -2.12. The molecule has 1 heterocycles. The lowest BCUT2D eigenvalue weighted by atomic mass is 10.1. The van der Waals surface area contributed by atoms with Crippen molar-refractivity contribution in [3.63, 3.8) is 0 Å². The molecule has 0 unspecified atom stereocenters. The predicted octanol–water partition coefficient (Wildman–Crippen LogP) is 4.22. The molecular formula is C16H15BrN2. The Kier molecular flexibility index (Phi) is 3.67. The highest BCUT2D eigenvalue weighted by Crippen LogP contribution is 2.18. The summed E-state index contributed by atoms with van der Waals surface area (Å²) in [7, 11) is 0. The van der Waals surface area contributed by atoms with Gasteiger partial charge < -0.3 is 10.3 Å². The number of rotatable bonds is 4. The van der Waals surface area contributed by atoms with E-state index < -0.39 is 0 Å². The Balaban J connectivity index is 1.68. The minimum absolute atomic E-state index is 0.862. The Morgan fingerprint density at radius 2 is 1.63 bits per heavy atom. The minimum atomic E-state index is 0.862. The van der Waals surface area contributed by atoms with Gasteiger partial charge in [0.2, 0.25) is 0 Å². The molecule has 0 atom stereocenters. The van der Waals surface area contributed by atoms with Crippen molar-refractivity contribution in [2.45, 2.75) is 13.1 Å². The molecular weight excluding hydrogens is 300 g/mol. The number of hydrogen-bond donors (Lipinski definition) is 2. The first-order valence-corrected chi connectivity index (χ1v) is 7.13. The molecule has 2 N–H and O–H groups in total. The molecule has 0 spiro atoms. The molecule has 3 aromatic rings. The second-order valence-corrected chi connectivity index (χ2v) is 5.41. The maximum absolute atomic E-state index is 3.57. The smallest absolute Gasteiger partial charge is 0.0457 e. The molecule has 0 saturated heterocycles. The SMILES string of the molecule is Brc1ccccc1CNCc1c[nH]c2ccccc12. The number of para-hydroxylation sites is 1. The van der Waals surface area contributed by atoms with Crippen molar-refractivity contribution in [2.24, 2.45) is 0 Å². The summed E-state index contributed by atoms with van der Waals surface area (Å²) >= 11 is 3.57. The van der Waals surface area contributed by atoms with Gasteiger partial charge in [0.05, 0.1) is 0 Å². The highest BCUT2D eigenvalue weighted by Gasteiger charge is 2.03. The van der Waals surface area contributed by atoms with Gasteiger partial charge in [-0.1, -0.05) is 52.3 Å². The van der Waals surface area contributed by atoms with Crippen LogP contribution in [-0.2, 0) is 13.1 Å². The van der Waals surface area contributed by atoms with Crippen LogP contribution in [0.25, 0.3) is 10.9 Å². The average molecular weight is 315 g/mol. The van der Waals surface area contributed by atoms with Crippen molar-refractivity contribution in [1.82, 2.24) is 10.3 Å². The number of H-pyrrole nitrogens is 1. The first-order chi connectivity index (χ1) is 9.34. The van der Waals surface area contributed by atoms with Crippen molar-refractivity contribution >= 4 is 26.8 Å². The van der Waals surface area contributed by atoms with E-state index in [1.807, 2.05) is 6.07 Å². The van der Waals surface area contributed by atoms with Gasteiger partial charge in [0, 0.05) is 34.7 Å². The summed E-state index contributed by atoms with van der Waals surface area (Å²) in [5, 5.41) is 4.78. The first kappa shape index (κ1) is 12.5. The molecule has 1 aromatic heterocycles. The topological polar surface area (TPSA) is 27.8 Å². The molecule has 0 saturated carbocycles. The summed E-state index contributed by atoms with van der Waals surface area (Å²) in [6.07, 6.45) is 2.08. The van der Waals surface area contributed by atoms with Crippen LogP contribution in [0.4, 0.5) is 0 Å². The van der Waals surface area contributed by atoms with E-state index in [0.717, 1.165) is 17.6 Å². The number of benzene rings is 2. The van der Waals surface area contributed by atoms with Gasteiger partial charge in [-0.2, -0.15) is 0 Å². The molecule has 0 aliphatic rings. The van der Waals surface area contributed by atoms with E-state index in [1.54, 1.807) is 0 Å². The molecule has 2 nitrogen and oxygen atoms in total. The van der Waals surface area contributed by atoms with E-state index in [2.05, 4.69) is 74.9 Å². The zero-order chi connectivity index (χ0) is 13.1. The van der Waals surface area contributed by atoms with Crippen LogP contribution in [0.3, 0.4) is 0 Å². The third-order valence-corrected chi connectivity index (χ3v) is 4.04. The maximum atomic E-state index is 3.57. The molecule has 0 aliphatic heterocycles. The van der Waals surface area contributed by atoms with Gasteiger partial charge in [-0.25, -0.2) is 0 Å². The summed E-state index contributed by atoms with van der Waals surface area (Å²) in [4.78, 5) is 3.30. The van der Waals surface area contributed by atoms with E-state index in [9.17, 15) is 0 Å². The van der Waals surface area contributed by atoms with Gasteiger partial charge in [0.15, 0.2) is 0 Å². The predicted molar refractivity (Wildman–Crippen MR) is 83.0 cm³/mol. The molecule has 19 heavy (non-hydrogen) atoms. The van der Waals surface area contributed by atoms with Gasteiger partial charge in [-0.3, -0.25) is 0 Å². The second-order valence-electron chi connectivity index (χ2n) is 4.55. The molecule has 3 heteroatoms. The molecule has 0 fully saturated rings. The monoisotopic (exact) mass is 314 g/mol. The lowest BCUT2D eigenvalue weighted by molar-refractivity contribution is 0.694. The third-order valence-electron chi connectivity index (χ3n) is 3.26. The average Bonchev–Trinajstić information content (AvgIpc) is 2.85. The highest BCUT2D eigenvalue weighted by atomic mass is 79.9. The van der Waals surface area contributed by atoms with Crippen molar-refractivity contribution in [3.05, 3.63) is 70.3 Å². The largest absolute Gasteiger partial charge is 0.361 e. The fraction of sp³-hybridized carbons (Fsp3) is 0.125. The van der Waals surface area contributed by atoms with Crippen molar-refractivity contribution in [1.29, 1.82) is 0 Å². The molecule has 0 bridgehead atoms. The Morgan fingerprint density at radius 1 is 0.895 bits per heavy atom. The van der Waals surface area contributed by atoms with Gasteiger partial charge in [-0.15, -0.1) is 0 Å². The van der Waals surface area contributed by atoms with Crippen LogP contribution in [-0.4, -0.2) is 4.98 Å². The molecule has 0 radical (unpaired) electrons. The summed E-state index contributed by atoms with van der Waals surface area (Å²) in [5.41, 5.74) is 3.78. The van der Waals surface area contributed by atoms with Crippen molar-refractivity contribution < 1.29 is 0 Å². The van der Waals surface area contributed by atoms with Crippen molar-refractivity contribution in [3.8, 4) is 0 Å². The van der Waals surface area contributed by atoms with Gasteiger partial charge in [-0.05, 0) is 23.3 Å².